The lowest BCUT2D eigenvalue weighted by molar-refractivity contribution is -0.248. The van der Waals surface area contributed by atoms with E-state index in [9.17, 15) is 19.5 Å². The van der Waals surface area contributed by atoms with Gasteiger partial charge in [0.1, 0.15) is 11.2 Å². The summed E-state index contributed by atoms with van der Waals surface area (Å²) in [6, 6.07) is 10.5. The van der Waals surface area contributed by atoms with E-state index >= 15 is 0 Å². The van der Waals surface area contributed by atoms with Crippen LogP contribution in [0, 0.1) is 23.2 Å². The maximum atomic E-state index is 13.9. The van der Waals surface area contributed by atoms with E-state index in [0.717, 1.165) is 56.3 Å². The number of carbonyl (C=O) groups is 3. The highest BCUT2D eigenvalue weighted by atomic mass is 16.6. The second-order valence-corrected chi connectivity index (χ2v) is 19.9. The van der Waals surface area contributed by atoms with Gasteiger partial charge < -0.3 is 24.2 Å². The molecular formula is C45H57N5O7. The number of rotatable bonds is 10. The fourth-order valence-corrected chi connectivity index (χ4v) is 11.0. The molecule has 4 bridgehead atoms. The average molecular weight is 780 g/mol. The highest BCUT2D eigenvalue weighted by Gasteiger charge is 2.66. The van der Waals surface area contributed by atoms with Crippen LogP contribution in [0.2, 0.25) is 0 Å². The normalized spacial score (nSPS) is 25.4. The monoisotopic (exact) mass is 779 g/mol. The van der Waals surface area contributed by atoms with Crippen molar-refractivity contribution in [2.24, 2.45) is 16.2 Å². The Bertz CT molecular complexity index is 2230. The van der Waals surface area contributed by atoms with Crippen molar-refractivity contribution < 1.29 is 33.7 Å². The first-order chi connectivity index (χ1) is 26.5. The molecule has 3 heterocycles. The summed E-state index contributed by atoms with van der Waals surface area (Å²) in [7, 11) is 1.76. The van der Waals surface area contributed by atoms with Crippen LogP contribution < -0.4 is 0 Å². The molecule has 4 aliphatic carbocycles. The summed E-state index contributed by atoms with van der Waals surface area (Å²) in [5, 5.41) is 15.3. The predicted octanol–water partition coefficient (Wildman–Crippen LogP) is 9.12. The highest BCUT2D eigenvalue weighted by Crippen LogP contribution is 2.72. The van der Waals surface area contributed by atoms with Crippen molar-refractivity contribution in [1.82, 2.24) is 24.6 Å². The van der Waals surface area contributed by atoms with Crippen molar-refractivity contribution in [1.29, 1.82) is 0 Å². The lowest BCUT2D eigenvalue weighted by Crippen LogP contribution is -2.64. The van der Waals surface area contributed by atoms with E-state index in [4.69, 9.17) is 24.3 Å². The number of hydrogen-bond donors (Lipinski definition) is 1. The molecule has 57 heavy (non-hydrogen) atoms. The molecule has 3 aromatic heterocycles. The van der Waals surface area contributed by atoms with Crippen LogP contribution in [0.25, 0.3) is 33.3 Å². The first-order valence-corrected chi connectivity index (χ1v) is 20.0. The Morgan fingerprint density at radius 1 is 0.877 bits per heavy atom. The third kappa shape index (κ3) is 8.29. The summed E-state index contributed by atoms with van der Waals surface area (Å²) in [5.74, 6) is -1.61. The van der Waals surface area contributed by atoms with Gasteiger partial charge in [0.15, 0.2) is 5.69 Å². The van der Waals surface area contributed by atoms with Gasteiger partial charge in [-0.15, -0.1) is 0 Å². The SMILES string of the molecule is Cc1c(-c2ccc(-c3ccc4nccc(C(=O)O)c4c3)nc2C(=O)OC(C)(C)C)cnn1CC12CC3(C)CC(C)(C1)CC(OCCN(C)C(=O)OC(C)(C)C)(C3)C2. The minimum atomic E-state index is -1.05. The zero-order chi connectivity index (χ0) is 41.3. The van der Waals surface area contributed by atoms with Gasteiger partial charge in [0, 0.05) is 54.1 Å². The number of ether oxygens (including phenoxy) is 3. The summed E-state index contributed by atoms with van der Waals surface area (Å²) >= 11 is 0. The van der Waals surface area contributed by atoms with Crippen LogP contribution in [-0.4, -0.2) is 84.8 Å². The Hall–Kier alpha value is -4.84. The van der Waals surface area contributed by atoms with Crippen molar-refractivity contribution in [3.05, 3.63) is 65.7 Å². The Kier molecular flexibility index (Phi) is 9.86. The molecule has 2 unspecified atom stereocenters. The number of carboxylic acid groups (broad SMARTS) is 1. The molecule has 1 amide bonds. The van der Waals surface area contributed by atoms with Gasteiger partial charge in [0.05, 0.1) is 35.2 Å². The molecule has 0 radical (unpaired) electrons. The van der Waals surface area contributed by atoms with Gasteiger partial charge in [-0.05, 0) is 134 Å². The Balaban J connectivity index is 1.18. The Morgan fingerprint density at radius 2 is 1.56 bits per heavy atom. The molecule has 0 saturated heterocycles. The van der Waals surface area contributed by atoms with Crippen LogP contribution in [0.4, 0.5) is 4.79 Å². The fraction of sp³-hybridized carbons (Fsp3) is 0.556. The number of esters is 1. The van der Waals surface area contributed by atoms with Gasteiger partial charge in [-0.2, -0.15) is 5.10 Å². The molecule has 12 nitrogen and oxygen atoms in total. The van der Waals surface area contributed by atoms with Crippen LogP contribution in [-0.2, 0) is 20.8 Å². The van der Waals surface area contributed by atoms with E-state index in [-0.39, 0.29) is 39.2 Å². The van der Waals surface area contributed by atoms with E-state index in [1.165, 1.54) is 12.3 Å². The third-order valence-electron chi connectivity index (χ3n) is 11.8. The quantitative estimate of drug-likeness (QED) is 0.155. The van der Waals surface area contributed by atoms with Crippen LogP contribution in [0.1, 0.15) is 120 Å². The number of carboxylic acids is 1. The first-order valence-electron chi connectivity index (χ1n) is 20.0. The van der Waals surface area contributed by atoms with Crippen LogP contribution in [0.15, 0.2) is 48.8 Å². The number of aromatic carboxylic acids is 1. The molecule has 2 atom stereocenters. The van der Waals surface area contributed by atoms with E-state index in [0.29, 0.717) is 40.9 Å². The molecule has 4 saturated carbocycles. The molecular weight excluding hydrogens is 723 g/mol. The van der Waals surface area contributed by atoms with Gasteiger partial charge in [0.2, 0.25) is 0 Å². The number of aromatic nitrogens is 4. The van der Waals surface area contributed by atoms with Crippen molar-refractivity contribution in [3.63, 3.8) is 0 Å². The van der Waals surface area contributed by atoms with E-state index in [1.54, 1.807) is 24.1 Å². The minimum absolute atomic E-state index is 0.0424. The topological polar surface area (TPSA) is 146 Å². The second kappa shape index (κ2) is 13.9. The Morgan fingerprint density at radius 3 is 2.21 bits per heavy atom. The largest absolute Gasteiger partial charge is 0.478 e. The first kappa shape index (κ1) is 40.4. The van der Waals surface area contributed by atoms with Crippen molar-refractivity contribution in [2.75, 3.05) is 20.2 Å². The van der Waals surface area contributed by atoms with Crippen LogP contribution >= 0.6 is 0 Å². The molecule has 12 heteroatoms. The number of hydrogen-bond acceptors (Lipinski definition) is 9. The number of likely N-dealkylation sites (N-methyl/N-ethyl adjacent to an activating group) is 1. The van der Waals surface area contributed by atoms with E-state index in [2.05, 4.69) is 23.5 Å². The molecule has 1 N–H and O–H groups in total. The van der Waals surface area contributed by atoms with Gasteiger partial charge in [-0.1, -0.05) is 19.9 Å². The van der Waals surface area contributed by atoms with Crippen molar-refractivity contribution >= 4 is 28.9 Å². The van der Waals surface area contributed by atoms with Gasteiger partial charge in [-0.25, -0.2) is 19.4 Å². The number of benzene rings is 1. The lowest BCUT2D eigenvalue weighted by Gasteiger charge is -2.69. The van der Waals surface area contributed by atoms with E-state index in [1.807, 2.05) is 72.9 Å². The number of nitrogens with zero attached hydrogens (tertiary/aromatic N) is 5. The summed E-state index contributed by atoms with van der Waals surface area (Å²) < 4.78 is 20.4. The molecule has 4 aromatic rings. The smallest absolute Gasteiger partial charge is 0.410 e. The van der Waals surface area contributed by atoms with Crippen molar-refractivity contribution in [2.45, 2.75) is 124 Å². The minimum Gasteiger partial charge on any atom is -0.478 e. The molecule has 0 spiro atoms. The molecule has 8 rings (SSSR count). The third-order valence-corrected chi connectivity index (χ3v) is 11.8. The number of carbonyl (C=O) groups excluding carboxylic acids is 2. The number of fused-ring (bicyclic) bond motifs is 1. The number of pyridine rings is 2. The molecule has 304 valence electrons. The zero-order valence-corrected chi connectivity index (χ0v) is 35.1. The second-order valence-electron chi connectivity index (χ2n) is 19.9. The zero-order valence-electron chi connectivity index (χ0n) is 35.1. The average Bonchev–Trinajstić information content (AvgIpc) is 3.42. The summed E-state index contributed by atoms with van der Waals surface area (Å²) in [6.07, 6.45) is 9.19. The highest BCUT2D eigenvalue weighted by molar-refractivity contribution is 6.03. The van der Waals surface area contributed by atoms with Gasteiger partial charge in [-0.3, -0.25) is 9.67 Å². The summed E-state index contributed by atoms with van der Waals surface area (Å²) in [4.78, 5) is 49.4. The molecule has 1 aromatic carbocycles. The van der Waals surface area contributed by atoms with Gasteiger partial charge in [0.25, 0.3) is 0 Å². The molecule has 4 fully saturated rings. The standard InChI is InChI=1S/C45H57N5O7/c1-28-33(30-12-14-34(48-36(30)38(53)56-40(2,3)4)29-11-13-35-32(19-29)31(37(51)52)15-16-46-35)20-47-50(28)27-44-22-42(8)21-43(9,23-44)25-45(24-42,26-44)55-18-17-49(10)39(54)57-41(5,6)7/h11-16,19-20H,17-18,21-27H2,1-10H3,(H,51,52). The molecule has 0 aliphatic heterocycles. The maximum Gasteiger partial charge on any atom is 0.410 e. The van der Waals surface area contributed by atoms with Gasteiger partial charge >= 0.3 is 18.0 Å². The Labute approximate surface area is 335 Å². The van der Waals surface area contributed by atoms with Crippen LogP contribution in [0.3, 0.4) is 0 Å². The lowest BCUT2D eigenvalue weighted by atomic mass is 9.39. The molecule has 4 aliphatic rings. The van der Waals surface area contributed by atoms with Crippen molar-refractivity contribution in [3.8, 4) is 22.4 Å². The number of amides is 1. The predicted molar refractivity (Wildman–Crippen MR) is 217 cm³/mol. The summed E-state index contributed by atoms with van der Waals surface area (Å²) in [6.45, 7) is 19.6. The fourth-order valence-electron chi connectivity index (χ4n) is 11.0. The van der Waals surface area contributed by atoms with E-state index < -0.39 is 23.1 Å². The van der Waals surface area contributed by atoms with Crippen LogP contribution in [0.5, 0.6) is 0 Å². The summed E-state index contributed by atoms with van der Waals surface area (Å²) in [5.41, 5.74) is 2.94. The maximum absolute atomic E-state index is 13.9.